The third kappa shape index (κ3) is 4.73. The molecule has 0 unspecified atom stereocenters. The Kier molecular flexibility index (Phi) is 6.28. The predicted octanol–water partition coefficient (Wildman–Crippen LogP) is 5.88. The van der Waals surface area contributed by atoms with E-state index in [1.165, 1.54) is 0 Å². The van der Waals surface area contributed by atoms with E-state index in [1.807, 2.05) is 81.6 Å². The normalized spacial score (nSPS) is 12.7. The molecule has 0 aliphatic carbocycles. The minimum absolute atomic E-state index is 0.0572. The maximum atomic E-state index is 12.7. The Morgan fingerprint density at radius 1 is 0.971 bits per heavy atom. The quantitative estimate of drug-likeness (QED) is 0.362. The van der Waals surface area contributed by atoms with Gasteiger partial charge in [-0.15, -0.1) is 0 Å². The van der Waals surface area contributed by atoms with E-state index in [4.69, 9.17) is 14.7 Å². The molecule has 176 valence electrons. The minimum atomic E-state index is -0.721. The first kappa shape index (κ1) is 23.6. The number of imidazole rings is 1. The van der Waals surface area contributed by atoms with Gasteiger partial charge in [-0.25, -0.2) is 9.97 Å². The van der Waals surface area contributed by atoms with Crippen LogP contribution in [0, 0.1) is 6.92 Å². The summed E-state index contributed by atoms with van der Waals surface area (Å²) in [5.74, 6) is 1.37. The van der Waals surface area contributed by atoms with Gasteiger partial charge in [0.15, 0.2) is 5.78 Å². The average Bonchev–Trinajstić information content (AvgIpc) is 3.20. The molecular formula is C28H32N4O2. The standard InChI is InChI=1S/C28H32N4O2/c1-18-24(25(19(2)33)34-28(3,4)5)26(31(6)7)32-17-23(30-27(32)29-18)22-15-11-14-21(16-22)20-12-9-8-10-13-20/h8-17,25H,1-7H3/t25-/m1/s1. The molecule has 0 aliphatic heterocycles. The first-order valence-corrected chi connectivity index (χ1v) is 11.5. The van der Waals surface area contributed by atoms with Gasteiger partial charge in [-0.2, -0.15) is 0 Å². The summed E-state index contributed by atoms with van der Waals surface area (Å²) in [5, 5.41) is 0. The van der Waals surface area contributed by atoms with Crippen LogP contribution >= 0.6 is 0 Å². The molecule has 4 rings (SSSR count). The summed E-state index contributed by atoms with van der Waals surface area (Å²) in [6.45, 7) is 9.33. The fourth-order valence-electron chi connectivity index (χ4n) is 4.20. The molecule has 0 fully saturated rings. The molecule has 34 heavy (non-hydrogen) atoms. The SMILES string of the molecule is CC(=O)[C@@H](OC(C)(C)C)c1c(C)nc2nc(-c3cccc(-c4ccccc4)c3)cn2c1N(C)C. The maximum absolute atomic E-state index is 12.7. The van der Waals surface area contributed by atoms with E-state index in [1.54, 1.807) is 6.92 Å². The van der Waals surface area contributed by atoms with Crippen LogP contribution in [0.4, 0.5) is 5.82 Å². The van der Waals surface area contributed by atoms with Crippen LogP contribution in [0.1, 0.15) is 45.1 Å². The summed E-state index contributed by atoms with van der Waals surface area (Å²) in [7, 11) is 3.92. The van der Waals surface area contributed by atoms with E-state index in [0.717, 1.165) is 39.5 Å². The van der Waals surface area contributed by atoms with Crippen molar-refractivity contribution in [3.05, 3.63) is 72.1 Å². The molecule has 0 radical (unpaired) electrons. The number of Topliss-reactive ketones (excluding diaryl/α,β-unsaturated/α-hetero) is 1. The van der Waals surface area contributed by atoms with Crippen LogP contribution in [0.15, 0.2) is 60.8 Å². The smallest absolute Gasteiger partial charge is 0.236 e. The highest BCUT2D eigenvalue weighted by Gasteiger charge is 2.31. The molecule has 4 aromatic rings. The lowest BCUT2D eigenvalue weighted by Gasteiger charge is -2.30. The van der Waals surface area contributed by atoms with Crippen molar-refractivity contribution in [2.45, 2.75) is 46.3 Å². The van der Waals surface area contributed by atoms with Crippen molar-refractivity contribution in [2.24, 2.45) is 0 Å². The number of aromatic nitrogens is 3. The van der Waals surface area contributed by atoms with E-state index in [2.05, 4.69) is 30.3 Å². The number of aryl methyl sites for hydroxylation is 1. The molecule has 0 N–H and O–H groups in total. The highest BCUT2D eigenvalue weighted by molar-refractivity contribution is 5.84. The zero-order chi connectivity index (χ0) is 24.6. The molecule has 0 saturated heterocycles. The number of carbonyl (C=O) groups excluding carboxylic acids is 1. The molecule has 6 nitrogen and oxygen atoms in total. The fourth-order valence-corrected chi connectivity index (χ4v) is 4.20. The Hall–Kier alpha value is -3.51. The van der Waals surface area contributed by atoms with Gasteiger partial charge in [-0.3, -0.25) is 9.20 Å². The number of ether oxygens (including phenoxy) is 1. The maximum Gasteiger partial charge on any atom is 0.236 e. The van der Waals surface area contributed by atoms with Gasteiger partial charge >= 0.3 is 0 Å². The second-order valence-electron chi connectivity index (χ2n) is 9.79. The Morgan fingerprint density at radius 3 is 2.24 bits per heavy atom. The first-order valence-electron chi connectivity index (χ1n) is 11.5. The molecule has 0 amide bonds. The minimum Gasteiger partial charge on any atom is -0.363 e. The molecule has 2 heterocycles. The zero-order valence-electron chi connectivity index (χ0n) is 21.0. The van der Waals surface area contributed by atoms with Gasteiger partial charge in [-0.1, -0.05) is 48.5 Å². The lowest BCUT2D eigenvalue weighted by molar-refractivity contribution is -0.138. The topological polar surface area (TPSA) is 59.7 Å². The lowest BCUT2D eigenvalue weighted by atomic mass is 10.0. The van der Waals surface area contributed by atoms with Gasteiger partial charge in [-0.05, 0) is 51.8 Å². The van der Waals surface area contributed by atoms with Crippen molar-refractivity contribution in [3.63, 3.8) is 0 Å². The largest absolute Gasteiger partial charge is 0.363 e. The van der Waals surface area contributed by atoms with Gasteiger partial charge in [0.1, 0.15) is 11.9 Å². The molecular weight excluding hydrogens is 424 g/mol. The van der Waals surface area contributed by atoms with Crippen LogP contribution in [0.2, 0.25) is 0 Å². The molecule has 6 heteroatoms. The number of fused-ring (bicyclic) bond motifs is 1. The fraction of sp³-hybridized carbons (Fsp3) is 0.321. The van der Waals surface area contributed by atoms with Gasteiger partial charge in [0, 0.05) is 25.9 Å². The molecule has 2 aromatic carbocycles. The summed E-state index contributed by atoms with van der Waals surface area (Å²) in [5.41, 5.74) is 5.12. The molecule has 2 aromatic heterocycles. The van der Waals surface area contributed by atoms with Crippen LogP contribution < -0.4 is 4.90 Å². The lowest BCUT2D eigenvalue weighted by Crippen LogP contribution is -2.29. The summed E-state index contributed by atoms with van der Waals surface area (Å²) in [6, 6.07) is 18.6. The van der Waals surface area contributed by atoms with E-state index < -0.39 is 11.7 Å². The molecule has 1 atom stereocenters. The van der Waals surface area contributed by atoms with Crippen LogP contribution in [-0.4, -0.2) is 39.8 Å². The number of hydrogen-bond acceptors (Lipinski definition) is 5. The molecule has 0 aliphatic rings. The van der Waals surface area contributed by atoms with Gasteiger partial charge in [0.2, 0.25) is 5.78 Å². The number of rotatable bonds is 6. The summed E-state index contributed by atoms with van der Waals surface area (Å²) in [4.78, 5) is 24.3. The van der Waals surface area contributed by atoms with Crippen molar-refractivity contribution in [1.29, 1.82) is 0 Å². The Morgan fingerprint density at radius 2 is 1.62 bits per heavy atom. The van der Waals surface area contributed by atoms with Crippen LogP contribution in [0.5, 0.6) is 0 Å². The van der Waals surface area contributed by atoms with E-state index in [9.17, 15) is 4.79 Å². The van der Waals surface area contributed by atoms with Crippen LogP contribution in [0.25, 0.3) is 28.2 Å². The van der Waals surface area contributed by atoms with Crippen LogP contribution in [0.3, 0.4) is 0 Å². The van der Waals surface area contributed by atoms with Crippen molar-refractivity contribution in [3.8, 4) is 22.4 Å². The highest BCUT2D eigenvalue weighted by atomic mass is 16.5. The Balaban J connectivity index is 1.88. The number of ketones is 1. The third-order valence-corrected chi connectivity index (χ3v) is 5.61. The molecule has 0 spiro atoms. The number of hydrogen-bond donors (Lipinski definition) is 0. The summed E-state index contributed by atoms with van der Waals surface area (Å²) >= 11 is 0. The number of anilines is 1. The highest BCUT2D eigenvalue weighted by Crippen LogP contribution is 2.35. The number of nitrogens with zero attached hydrogens (tertiary/aromatic N) is 4. The van der Waals surface area contributed by atoms with E-state index in [-0.39, 0.29) is 5.78 Å². The monoisotopic (exact) mass is 456 g/mol. The zero-order valence-corrected chi connectivity index (χ0v) is 21.0. The van der Waals surface area contributed by atoms with E-state index in [0.29, 0.717) is 5.78 Å². The first-order chi connectivity index (χ1) is 16.0. The molecule has 0 bridgehead atoms. The summed E-state index contributed by atoms with van der Waals surface area (Å²) < 4.78 is 8.17. The van der Waals surface area contributed by atoms with Gasteiger partial charge in [0.05, 0.1) is 22.6 Å². The number of carbonyl (C=O) groups is 1. The van der Waals surface area contributed by atoms with Crippen molar-refractivity contribution < 1.29 is 9.53 Å². The average molecular weight is 457 g/mol. The van der Waals surface area contributed by atoms with Gasteiger partial charge in [0.25, 0.3) is 0 Å². The van der Waals surface area contributed by atoms with Crippen LogP contribution in [-0.2, 0) is 9.53 Å². The van der Waals surface area contributed by atoms with Crippen molar-refractivity contribution in [2.75, 3.05) is 19.0 Å². The van der Waals surface area contributed by atoms with Crippen molar-refractivity contribution in [1.82, 2.24) is 14.4 Å². The van der Waals surface area contributed by atoms with Gasteiger partial charge < -0.3 is 9.64 Å². The Bertz CT molecular complexity index is 1330. The van der Waals surface area contributed by atoms with Crippen molar-refractivity contribution >= 4 is 17.4 Å². The third-order valence-electron chi connectivity index (χ3n) is 5.61. The molecule has 0 saturated carbocycles. The summed E-state index contributed by atoms with van der Waals surface area (Å²) in [6.07, 6.45) is 1.26. The second-order valence-corrected chi connectivity index (χ2v) is 9.79. The number of benzene rings is 2. The second kappa shape index (κ2) is 9.03. The van der Waals surface area contributed by atoms with E-state index >= 15 is 0 Å². The predicted molar refractivity (Wildman–Crippen MR) is 137 cm³/mol. The Labute approximate surface area is 201 Å².